The second-order valence-corrected chi connectivity index (χ2v) is 23.4. The minimum Gasteiger partial charge on any atom is -0.493 e. The van der Waals surface area contributed by atoms with Crippen LogP contribution in [0.25, 0.3) is 0 Å². The van der Waals surface area contributed by atoms with Gasteiger partial charge >= 0.3 is 12.4 Å². The van der Waals surface area contributed by atoms with Crippen LogP contribution in [0.3, 0.4) is 0 Å². The lowest BCUT2D eigenvalue weighted by atomic mass is 9.72. The fourth-order valence-corrected chi connectivity index (χ4v) is 11.8. The zero-order chi connectivity index (χ0) is 67.1. The number of rotatable bonds is 19. The van der Waals surface area contributed by atoms with Crippen LogP contribution in [0.1, 0.15) is 119 Å². The number of benzene rings is 8. The minimum atomic E-state index is -6.11. The highest BCUT2D eigenvalue weighted by Gasteiger charge is 2.73. The van der Waals surface area contributed by atoms with Crippen molar-refractivity contribution in [2.24, 2.45) is 0 Å². The molecule has 27 heteroatoms. The smallest absolute Gasteiger partial charge is 0.411 e. The third kappa shape index (κ3) is 11.0. The quantitative estimate of drug-likeness (QED) is 0.0342. The minimum absolute atomic E-state index is 0.00110. The second-order valence-electron chi connectivity index (χ2n) is 21.9. The van der Waals surface area contributed by atoms with Gasteiger partial charge in [-0.05, 0) is 176 Å². The number of anilines is 3. The van der Waals surface area contributed by atoms with Crippen LogP contribution >= 0.6 is 0 Å². The number of amides is 8. The predicted octanol–water partition coefficient (Wildman–Crippen LogP) is 12.9. The lowest BCUT2D eigenvalue weighted by Crippen LogP contribution is -2.54. The van der Waals surface area contributed by atoms with Crippen molar-refractivity contribution in [3.8, 4) is 46.0 Å². The van der Waals surface area contributed by atoms with Gasteiger partial charge in [-0.1, -0.05) is 25.1 Å². The summed E-state index contributed by atoms with van der Waals surface area (Å²) in [5.41, 5.74) is -7.49. The largest absolute Gasteiger partial charge is 0.493 e. The van der Waals surface area contributed by atoms with E-state index in [4.69, 9.17) is 28.2 Å². The molecule has 0 fully saturated rings. The van der Waals surface area contributed by atoms with Gasteiger partial charge in [0.15, 0.2) is 0 Å². The van der Waals surface area contributed by atoms with Crippen LogP contribution in [0.2, 0.25) is 0 Å². The molecule has 4 aliphatic heterocycles. The number of hydrogen-bond donors (Lipinski definition) is 1. The molecule has 0 radical (unpaired) electrons. The first-order valence-corrected chi connectivity index (χ1v) is 30.1. The van der Waals surface area contributed by atoms with Crippen LogP contribution in [0.5, 0.6) is 46.0 Å². The first-order chi connectivity index (χ1) is 44.6. The number of alkyl halides is 6. The van der Waals surface area contributed by atoms with Crippen molar-refractivity contribution in [2.45, 2.75) is 44.5 Å². The number of carbonyl (C=O) groups is 8. The summed E-state index contributed by atoms with van der Waals surface area (Å²) in [5, 5.41) is 0. The SMILES string of the molecule is CCCOc1cc(C(c2ccc(C)c(OCCCS(=O)(=O)O)c2)(C(F)(F)F)C(F)(F)F)ccc1N1C(=O)c2ccc(Oc3ccc4c(c3)C(=O)N(c3ccc(Oc5ccc(N6C(=O)c7ccc(Oc8ccc9c(c8)C(=O)N(C)C9=O)cc7C6=O)cc5)cc3)C4=O)cc2C1=O. The molecule has 0 saturated heterocycles. The van der Waals surface area contributed by atoms with E-state index in [2.05, 4.69) is 0 Å². The predicted molar refractivity (Wildman–Crippen MR) is 322 cm³/mol. The number of aryl methyl sites for hydroxylation is 1. The van der Waals surface area contributed by atoms with Crippen molar-refractivity contribution < 1.29 is 101 Å². The summed E-state index contributed by atoms with van der Waals surface area (Å²) in [5.74, 6) is -6.61. The first-order valence-electron chi connectivity index (χ1n) is 28.5. The first kappa shape index (κ1) is 63.0. The highest BCUT2D eigenvalue weighted by molar-refractivity contribution is 7.85. The summed E-state index contributed by atoms with van der Waals surface area (Å²) in [6, 6.07) is 32.1. The maximum Gasteiger partial charge on any atom is 0.411 e. The topological polar surface area (TPSA) is 250 Å². The highest BCUT2D eigenvalue weighted by Crippen LogP contribution is 2.58. The number of halogens is 6. The van der Waals surface area contributed by atoms with E-state index in [1.54, 1.807) is 6.92 Å². The van der Waals surface area contributed by atoms with E-state index in [0.717, 1.165) is 32.9 Å². The number of fused-ring (bicyclic) bond motifs is 4. The van der Waals surface area contributed by atoms with Crippen molar-refractivity contribution in [1.29, 1.82) is 0 Å². The molecule has 0 unspecified atom stereocenters. The molecule has 478 valence electrons. The molecular weight excluding hydrogens is 1260 g/mol. The lowest BCUT2D eigenvalue weighted by molar-refractivity contribution is -0.288. The zero-order valence-electron chi connectivity index (χ0n) is 49.1. The van der Waals surface area contributed by atoms with Crippen LogP contribution in [0.4, 0.5) is 43.4 Å². The Morgan fingerprint density at radius 1 is 0.415 bits per heavy atom. The maximum atomic E-state index is 15.5. The van der Waals surface area contributed by atoms with Gasteiger partial charge in [0.05, 0.1) is 80.5 Å². The average molecular weight is 1310 g/mol. The fourth-order valence-electron chi connectivity index (χ4n) is 11.3. The molecule has 1 N–H and O–H groups in total. The van der Waals surface area contributed by atoms with Crippen molar-refractivity contribution >= 4 is 74.4 Å². The molecule has 0 saturated carbocycles. The van der Waals surface area contributed by atoms with E-state index in [-0.39, 0.29) is 110 Å². The molecule has 4 aliphatic rings. The van der Waals surface area contributed by atoms with E-state index >= 15 is 26.3 Å². The third-order valence-corrected chi connectivity index (χ3v) is 16.7. The molecule has 12 rings (SSSR count). The van der Waals surface area contributed by atoms with Gasteiger partial charge in [0, 0.05) is 7.05 Å². The van der Waals surface area contributed by atoms with Gasteiger partial charge in [-0.25, -0.2) is 14.7 Å². The number of imide groups is 4. The Hall–Kier alpha value is -11.2. The summed E-state index contributed by atoms with van der Waals surface area (Å²) >= 11 is 0. The maximum absolute atomic E-state index is 15.5. The van der Waals surface area contributed by atoms with Crippen molar-refractivity contribution in [1.82, 2.24) is 4.90 Å². The molecule has 8 aromatic carbocycles. The molecule has 20 nitrogen and oxygen atoms in total. The average Bonchev–Trinajstić information content (AvgIpc) is 1.04. The van der Waals surface area contributed by atoms with Gasteiger partial charge in [-0.2, -0.15) is 34.8 Å². The number of carbonyl (C=O) groups excluding carboxylic acids is 8. The third-order valence-electron chi connectivity index (χ3n) is 15.9. The Kier molecular flexibility index (Phi) is 15.7. The van der Waals surface area contributed by atoms with Gasteiger partial charge in [-0.15, -0.1) is 0 Å². The molecule has 0 spiro atoms. The summed E-state index contributed by atoms with van der Waals surface area (Å²) in [6.45, 7) is 2.14. The molecule has 4 heterocycles. The van der Waals surface area contributed by atoms with Crippen LogP contribution < -0.4 is 38.4 Å². The van der Waals surface area contributed by atoms with E-state index < -0.39 is 116 Å². The normalized spacial score (nSPS) is 14.7. The molecule has 8 aromatic rings. The van der Waals surface area contributed by atoms with Crippen molar-refractivity contribution in [3.05, 3.63) is 219 Å². The van der Waals surface area contributed by atoms with Gasteiger partial charge < -0.3 is 23.7 Å². The lowest BCUT2D eigenvalue weighted by Gasteiger charge is -2.39. The Balaban J connectivity index is 0.715. The fraction of sp³-hybridized carbons (Fsp3) is 0.164. The summed E-state index contributed by atoms with van der Waals surface area (Å²) in [7, 11) is -3.09. The zero-order valence-corrected chi connectivity index (χ0v) is 49.9. The van der Waals surface area contributed by atoms with Gasteiger partial charge in [0.2, 0.25) is 5.41 Å². The second kappa shape index (κ2) is 23.5. The van der Waals surface area contributed by atoms with Crippen LogP contribution in [0, 0.1) is 6.92 Å². The summed E-state index contributed by atoms with van der Waals surface area (Å²) < 4.78 is 154. The Bertz CT molecular complexity index is 4700. The van der Waals surface area contributed by atoms with Gasteiger partial charge in [0.25, 0.3) is 57.4 Å². The van der Waals surface area contributed by atoms with Gasteiger partial charge in [0.1, 0.15) is 46.0 Å². The molecule has 0 aliphatic carbocycles. The van der Waals surface area contributed by atoms with Gasteiger partial charge in [-0.3, -0.25) is 47.8 Å². The van der Waals surface area contributed by atoms with E-state index in [1.807, 2.05) is 0 Å². The monoisotopic (exact) mass is 1310 g/mol. The summed E-state index contributed by atoms with van der Waals surface area (Å²) in [6.07, 6.45) is -12.4. The van der Waals surface area contributed by atoms with Crippen molar-refractivity contribution in [3.63, 3.8) is 0 Å². The molecule has 0 aromatic heterocycles. The van der Waals surface area contributed by atoms with Crippen LogP contribution in [-0.4, -0.2) is 103 Å². The van der Waals surface area contributed by atoms with Crippen LogP contribution in [-0.2, 0) is 15.5 Å². The Morgan fingerprint density at radius 3 is 1.20 bits per heavy atom. The van der Waals surface area contributed by atoms with E-state index in [1.165, 1.54) is 129 Å². The number of ether oxygens (including phenoxy) is 5. The van der Waals surface area contributed by atoms with Crippen molar-refractivity contribution in [2.75, 3.05) is 40.7 Å². The Morgan fingerprint density at radius 2 is 0.766 bits per heavy atom. The molecule has 0 bridgehead atoms. The standard InChI is InChI=1S/C67H46F6N4O16S/c1-4-26-89-56-30-37(65(66(68,69)70,67(71,72)73)36-7-6-35(2)55(29-36)90-27-5-28-94(86,87)88)8-25-54(56)77-61(82)49-24-20-45(34-53(49)64(77)85)93-44-19-23-48-52(33-44)63(84)76(60(48)81)39-11-15-41(16-12-39)91-40-13-9-38(10-14-40)75-59(80)47-22-18-43(32-51(47)62(75)83)92-42-17-21-46-50(31-42)58(79)74(3)57(46)78/h6-25,29-34H,4-5,26-28H2,1-3H3,(H,86,87,88). The summed E-state index contributed by atoms with van der Waals surface area (Å²) in [4.78, 5) is 111. The van der Waals surface area contributed by atoms with E-state index in [9.17, 15) is 46.8 Å². The molecular formula is C67H46F6N4O16S. The molecule has 0 atom stereocenters. The van der Waals surface area contributed by atoms with E-state index in [0.29, 0.717) is 34.9 Å². The number of hydrogen-bond acceptors (Lipinski definition) is 15. The molecule has 94 heavy (non-hydrogen) atoms. The number of nitrogens with zero attached hydrogens (tertiary/aromatic N) is 4. The van der Waals surface area contributed by atoms with Crippen LogP contribution in [0.15, 0.2) is 158 Å². The highest BCUT2D eigenvalue weighted by atomic mass is 32.2. The molecule has 8 amide bonds. The Labute approximate surface area is 528 Å².